The summed E-state index contributed by atoms with van der Waals surface area (Å²) < 4.78 is 0.806. The summed E-state index contributed by atoms with van der Waals surface area (Å²) in [7, 11) is 0. The third kappa shape index (κ3) is 3.50. The number of anilines is 1. The fraction of sp³-hybridized carbons (Fsp3) is 0.200. The maximum atomic E-state index is 10.5. The van der Waals surface area contributed by atoms with Gasteiger partial charge in [-0.25, -0.2) is 0 Å². The lowest BCUT2D eigenvalue weighted by molar-refractivity contribution is 0.0715. The second-order valence-electron chi connectivity index (χ2n) is 4.59. The Kier molecular flexibility index (Phi) is 4.50. The maximum absolute atomic E-state index is 10.5. The number of aliphatic hydroxyl groups is 1. The summed E-state index contributed by atoms with van der Waals surface area (Å²) >= 11 is 9.46. The first kappa shape index (κ1) is 14.4. The Hall–Kier alpha value is -1.03. The van der Waals surface area contributed by atoms with E-state index in [4.69, 9.17) is 11.6 Å². The average molecular weight is 341 g/mol. The van der Waals surface area contributed by atoms with E-state index >= 15 is 0 Å². The molecule has 0 saturated carbocycles. The molecular formula is C15H15BrClNO. The van der Waals surface area contributed by atoms with Crippen molar-refractivity contribution >= 4 is 33.2 Å². The number of hydrogen-bond acceptors (Lipinski definition) is 2. The minimum Gasteiger partial charge on any atom is -0.384 e. The molecule has 4 heteroatoms. The zero-order valence-corrected chi connectivity index (χ0v) is 12.9. The van der Waals surface area contributed by atoms with E-state index in [2.05, 4.69) is 21.2 Å². The Morgan fingerprint density at radius 2 is 1.84 bits per heavy atom. The molecule has 0 heterocycles. The first-order valence-electron chi connectivity index (χ1n) is 5.96. The molecule has 0 aromatic heterocycles. The van der Waals surface area contributed by atoms with Crippen molar-refractivity contribution in [2.75, 3.05) is 11.9 Å². The van der Waals surface area contributed by atoms with Crippen molar-refractivity contribution in [3.8, 4) is 0 Å². The van der Waals surface area contributed by atoms with Crippen LogP contribution in [0, 0.1) is 0 Å². The van der Waals surface area contributed by atoms with Crippen LogP contribution in [0.3, 0.4) is 0 Å². The second-order valence-corrected chi connectivity index (χ2v) is 5.80. The largest absolute Gasteiger partial charge is 0.384 e. The Labute approximate surface area is 126 Å². The van der Waals surface area contributed by atoms with Crippen molar-refractivity contribution in [1.82, 2.24) is 0 Å². The molecule has 0 aliphatic rings. The minimum absolute atomic E-state index is 0.399. The van der Waals surface area contributed by atoms with Crippen molar-refractivity contribution < 1.29 is 5.11 Å². The van der Waals surface area contributed by atoms with Crippen molar-refractivity contribution in [1.29, 1.82) is 0 Å². The molecule has 1 unspecified atom stereocenters. The fourth-order valence-electron chi connectivity index (χ4n) is 1.81. The van der Waals surface area contributed by atoms with E-state index in [0.29, 0.717) is 11.6 Å². The van der Waals surface area contributed by atoms with Crippen molar-refractivity contribution in [2.24, 2.45) is 0 Å². The highest BCUT2D eigenvalue weighted by atomic mass is 79.9. The zero-order chi connectivity index (χ0) is 13.9. The monoisotopic (exact) mass is 339 g/mol. The smallest absolute Gasteiger partial charge is 0.104 e. The summed E-state index contributed by atoms with van der Waals surface area (Å²) in [6.45, 7) is 2.18. The van der Waals surface area contributed by atoms with Crippen LogP contribution in [0.2, 0.25) is 5.02 Å². The first-order chi connectivity index (χ1) is 9.00. The van der Waals surface area contributed by atoms with Gasteiger partial charge < -0.3 is 10.4 Å². The lowest BCUT2D eigenvalue weighted by Gasteiger charge is -2.25. The number of hydrogen-bond donors (Lipinski definition) is 2. The van der Waals surface area contributed by atoms with Gasteiger partial charge in [0.2, 0.25) is 0 Å². The fourth-order valence-corrected chi connectivity index (χ4v) is 2.39. The molecule has 0 amide bonds. The SMILES string of the molecule is CC(O)(CNc1cccc(Cl)c1Br)c1ccccc1. The Bertz CT molecular complexity index is 557. The lowest BCUT2D eigenvalue weighted by atomic mass is 9.96. The van der Waals surface area contributed by atoms with Crippen LogP contribution in [0.5, 0.6) is 0 Å². The van der Waals surface area contributed by atoms with Crippen LogP contribution in [0.1, 0.15) is 12.5 Å². The zero-order valence-electron chi connectivity index (χ0n) is 10.5. The molecule has 0 saturated heterocycles. The van der Waals surface area contributed by atoms with Gasteiger partial charge in [0.25, 0.3) is 0 Å². The molecular weight excluding hydrogens is 326 g/mol. The highest BCUT2D eigenvalue weighted by molar-refractivity contribution is 9.10. The van der Waals surface area contributed by atoms with Crippen LogP contribution in [-0.4, -0.2) is 11.7 Å². The Morgan fingerprint density at radius 1 is 1.16 bits per heavy atom. The number of benzene rings is 2. The topological polar surface area (TPSA) is 32.3 Å². The predicted octanol–water partition coefficient (Wildman–Crippen LogP) is 4.42. The molecule has 1 atom stereocenters. The van der Waals surface area contributed by atoms with Crippen LogP contribution in [0.25, 0.3) is 0 Å². The molecule has 0 aliphatic heterocycles. The van der Waals surface area contributed by atoms with Gasteiger partial charge in [0.15, 0.2) is 0 Å². The molecule has 0 bridgehead atoms. The molecule has 2 aromatic rings. The number of nitrogens with one attached hydrogen (secondary N) is 1. The second kappa shape index (κ2) is 5.95. The van der Waals surface area contributed by atoms with Gasteiger partial charge in [-0.3, -0.25) is 0 Å². The lowest BCUT2D eigenvalue weighted by Crippen LogP contribution is -2.30. The van der Waals surface area contributed by atoms with Gasteiger partial charge in [0.05, 0.1) is 15.2 Å². The summed E-state index contributed by atoms with van der Waals surface area (Å²) in [5.41, 5.74) is 0.799. The van der Waals surface area contributed by atoms with E-state index in [1.54, 1.807) is 6.92 Å². The van der Waals surface area contributed by atoms with Gasteiger partial charge in [-0.2, -0.15) is 0 Å². The molecule has 2 rings (SSSR count). The Balaban J connectivity index is 2.12. The molecule has 2 N–H and O–H groups in total. The summed E-state index contributed by atoms with van der Waals surface area (Å²) in [5, 5.41) is 14.4. The summed E-state index contributed by atoms with van der Waals surface area (Å²) in [6.07, 6.45) is 0. The van der Waals surface area contributed by atoms with E-state index < -0.39 is 5.60 Å². The molecule has 19 heavy (non-hydrogen) atoms. The molecule has 0 fully saturated rings. The number of halogens is 2. The summed E-state index contributed by atoms with van der Waals surface area (Å²) in [5.74, 6) is 0. The van der Waals surface area contributed by atoms with Gasteiger partial charge in [-0.15, -0.1) is 0 Å². The van der Waals surface area contributed by atoms with Gasteiger partial charge in [0, 0.05) is 6.54 Å². The normalized spacial score (nSPS) is 13.9. The van der Waals surface area contributed by atoms with E-state index in [9.17, 15) is 5.11 Å². The molecule has 0 spiro atoms. The predicted molar refractivity (Wildman–Crippen MR) is 83.7 cm³/mol. The quantitative estimate of drug-likeness (QED) is 0.863. The van der Waals surface area contributed by atoms with Crippen molar-refractivity contribution in [3.05, 3.63) is 63.6 Å². The van der Waals surface area contributed by atoms with Crippen LogP contribution in [-0.2, 0) is 5.60 Å². The minimum atomic E-state index is -0.941. The molecule has 0 aliphatic carbocycles. The molecule has 2 nitrogen and oxygen atoms in total. The third-order valence-electron chi connectivity index (χ3n) is 2.97. The molecule has 0 radical (unpaired) electrons. The van der Waals surface area contributed by atoms with Crippen molar-refractivity contribution in [3.63, 3.8) is 0 Å². The van der Waals surface area contributed by atoms with Gasteiger partial charge in [-0.1, -0.05) is 48.0 Å². The maximum Gasteiger partial charge on any atom is 0.104 e. The highest BCUT2D eigenvalue weighted by Crippen LogP contribution is 2.31. The first-order valence-corrected chi connectivity index (χ1v) is 7.13. The van der Waals surface area contributed by atoms with Crippen LogP contribution >= 0.6 is 27.5 Å². The summed E-state index contributed by atoms with van der Waals surface area (Å²) in [6, 6.07) is 15.2. The van der Waals surface area contributed by atoms with Crippen LogP contribution in [0.4, 0.5) is 5.69 Å². The Morgan fingerprint density at radius 3 is 2.53 bits per heavy atom. The molecule has 100 valence electrons. The third-order valence-corrected chi connectivity index (χ3v) is 4.37. The summed E-state index contributed by atoms with van der Waals surface area (Å²) in [4.78, 5) is 0. The van der Waals surface area contributed by atoms with Crippen LogP contribution in [0.15, 0.2) is 53.0 Å². The van der Waals surface area contributed by atoms with Crippen LogP contribution < -0.4 is 5.32 Å². The van der Waals surface area contributed by atoms with Gasteiger partial charge in [-0.05, 0) is 40.5 Å². The van der Waals surface area contributed by atoms with E-state index in [0.717, 1.165) is 15.7 Å². The standard InChI is InChI=1S/C15H15BrClNO/c1-15(19,11-6-3-2-4-7-11)10-18-13-9-5-8-12(17)14(13)16/h2-9,18-19H,10H2,1H3. The van der Waals surface area contributed by atoms with E-state index in [1.165, 1.54) is 0 Å². The van der Waals surface area contributed by atoms with Gasteiger partial charge in [0.1, 0.15) is 5.60 Å². The number of rotatable bonds is 4. The average Bonchev–Trinajstić information content (AvgIpc) is 2.41. The van der Waals surface area contributed by atoms with Crippen molar-refractivity contribution in [2.45, 2.75) is 12.5 Å². The molecule has 2 aromatic carbocycles. The van der Waals surface area contributed by atoms with Gasteiger partial charge >= 0.3 is 0 Å². The van der Waals surface area contributed by atoms with E-state index in [1.807, 2.05) is 48.5 Å². The van der Waals surface area contributed by atoms with E-state index in [-0.39, 0.29) is 0 Å². The highest BCUT2D eigenvalue weighted by Gasteiger charge is 2.22.